The highest BCUT2D eigenvalue weighted by molar-refractivity contribution is 9.10. The molecule has 0 aliphatic heterocycles. The van der Waals surface area contributed by atoms with Gasteiger partial charge in [-0.25, -0.2) is 0 Å². The lowest BCUT2D eigenvalue weighted by Gasteiger charge is -2.03. The molecule has 0 unspecified atom stereocenters. The van der Waals surface area contributed by atoms with Gasteiger partial charge in [-0.05, 0) is 12.0 Å². The van der Waals surface area contributed by atoms with E-state index in [1.54, 1.807) is 0 Å². The Labute approximate surface area is 114 Å². The van der Waals surface area contributed by atoms with E-state index in [1.807, 2.05) is 24.3 Å². The lowest BCUT2D eigenvalue weighted by Crippen LogP contribution is -2.07. The van der Waals surface area contributed by atoms with Crippen LogP contribution in [0.15, 0.2) is 28.7 Å². The maximum Gasteiger partial charge on any atom is 0.202 e. The van der Waals surface area contributed by atoms with Gasteiger partial charge in [0.1, 0.15) is 0 Å². The molecule has 2 aromatic rings. The number of anilines is 1. The number of hydrogen-bond acceptors (Lipinski definition) is 4. The van der Waals surface area contributed by atoms with Gasteiger partial charge < -0.3 is 5.32 Å². The highest BCUT2D eigenvalue weighted by Crippen LogP contribution is 2.27. The van der Waals surface area contributed by atoms with Crippen molar-refractivity contribution in [3.63, 3.8) is 0 Å². The zero-order chi connectivity index (χ0) is 12.3. The van der Waals surface area contributed by atoms with Gasteiger partial charge in [-0.1, -0.05) is 48.0 Å². The summed E-state index contributed by atoms with van der Waals surface area (Å²) in [5.74, 6) is 1.37. The minimum atomic E-state index is 0.603. The normalized spacial score (nSPS) is 10.8. The van der Waals surface area contributed by atoms with Crippen LogP contribution in [0.4, 0.5) is 5.13 Å². The van der Waals surface area contributed by atoms with Crippen LogP contribution < -0.4 is 5.32 Å². The van der Waals surface area contributed by atoms with Gasteiger partial charge in [0.15, 0.2) is 5.82 Å². The molecule has 0 radical (unpaired) electrons. The van der Waals surface area contributed by atoms with Crippen molar-refractivity contribution in [2.24, 2.45) is 5.92 Å². The van der Waals surface area contributed by atoms with Gasteiger partial charge in [-0.15, -0.1) is 0 Å². The molecule has 1 N–H and O–H groups in total. The van der Waals surface area contributed by atoms with Crippen LogP contribution in [0.5, 0.6) is 0 Å². The van der Waals surface area contributed by atoms with E-state index in [0.29, 0.717) is 5.92 Å². The number of rotatable bonds is 4. The second-order valence-electron chi connectivity index (χ2n) is 4.18. The fraction of sp³-hybridized carbons (Fsp3) is 0.333. The van der Waals surface area contributed by atoms with E-state index in [2.05, 4.69) is 44.5 Å². The van der Waals surface area contributed by atoms with Crippen LogP contribution in [0.3, 0.4) is 0 Å². The Kier molecular flexibility index (Phi) is 4.12. The number of nitrogens with one attached hydrogen (secondary N) is 1. The number of benzene rings is 1. The van der Waals surface area contributed by atoms with E-state index in [1.165, 1.54) is 11.5 Å². The molecule has 1 heterocycles. The van der Waals surface area contributed by atoms with E-state index in [0.717, 1.165) is 27.5 Å². The van der Waals surface area contributed by atoms with Crippen molar-refractivity contribution in [3.8, 4) is 11.4 Å². The van der Waals surface area contributed by atoms with Gasteiger partial charge in [0.2, 0.25) is 5.13 Å². The van der Waals surface area contributed by atoms with Gasteiger partial charge in [0, 0.05) is 28.1 Å². The van der Waals surface area contributed by atoms with Crippen LogP contribution in [-0.4, -0.2) is 15.9 Å². The summed E-state index contributed by atoms with van der Waals surface area (Å²) in [6.07, 6.45) is 0. The summed E-state index contributed by atoms with van der Waals surface area (Å²) in [6, 6.07) is 7.98. The third kappa shape index (κ3) is 3.26. The first-order valence-electron chi connectivity index (χ1n) is 5.49. The van der Waals surface area contributed by atoms with E-state index < -0.39 is 0 Å². The zero-order valence-electron chi connectivity index (χ0n) is 9.77. The van der Waals surface area contributed by atoms with Gasteiger partial charge in [-0.3, -0.25) is 0 Å². The number of halogens is 1. The predicted octanol–water partition coefficient (Wildman–Crippen LogP) is 4.04. The third-order valence-corrected chi connectivity index (χ3v) is 3.57. The summed E-state index contributed by atoms with van der Waals surface area (Å²) in [5, 5.41) is 4.16. The maximum absolute atomic E-state index is 4.48. The molecular formula is C12H14BrN3S. The molecular weight excluding hydrogens is 298 g/mol. The third-order valence-electron chi connectivity index (χ3n) is 2.20. The molecule has 17 heavy (non-hydrogen) atoms. The van der Waals surface area contributed by atoms with Crippen LogP contribution in [0.1, 0.15) is 13.8 Å². The quantitative estimate of drug-likeness (QED) is 0.926. The molecule has 1 aromatic carbocycles. The van der Waals surface area contributed by atoms with Crippen molar-refractivity contribution in [2.45, 2.75) is 13.8 Å². The van der Waals surface area contributed by atoms with E-state index in [4.69, 9.17) is 0 Å². The summed E-state index contributed by atoms with van der Waals surface area (Å²) >= 11 is 4.91. The molecule has 0 fully saturated rings. The van der Waals surface area contributed by atoms with Crippen LogP contribution >= 0.6 is 27.5 Å². The Balaban J connectivity index is 2.16. The first kappa shape index (κ1) is 12.5. The minimum Gasteiger partial charge on any atom is -0.360 e. The number of hydrogen-bond donors (Lipinski definition) is 1. The first-order valence-corrected chi connectivity index (χ1v) is 7.06. The van der Waals surface area contributed by atoms with Gasteiger partial charge >= 0.3 is 0 Å². The molecule has 1 aromatic heterocycles. The molecule has 0 saturated carbocycles. The van der Waals surface area contributed by atoms with E-state index in [-0.39, 0.29) is 0 Å². The molecule has 0 bridgehead atoms. The Morgan fingerprint density at radius 2 is 2.12 bits per heavy atom. The molecule has 0 spiro atoms. The topological polar surface area (TPSA) is 37.8 Å². The largest absolute Gasteiger partial charge is 0.360 e. The van der Waals surface area contributed by atoms with Crippen molar-refractivity contribution < 1.29 is 0 Å². The molecule has 0 saturated heterocycles. The molecule has 2 rings (SSSR count). The average molecular weight is 312 g/mol. The SMILES string of the molecule is CC(C)CNc1nc(-c2ccccc2Br)ns1. The molecule has 0 atom stereocenters. The Hall–Kier alpha value is -0.940. The summed E-state index contributed by atoms with van der Waals surface area (Å²) in [4.78, 5) is 4.48. The molecule has 3 nitrogen and oxygen atoms in total. The predicted molar refractivity (Wildman–Crippen MR) is 76.4 cm³/mol. The van der Waals surface area contributed by atoms with Crippen molar-refractivity contribution in [1.29, 1.82) is 0 Å². The van der Waals surface area contributed by atoms with Crippen molar-refractivity contribution >= 4 is 32.6 Å². The van der Waals surface area contributed by atoms with E-state index in [9.17, 15) is 0 Å². The van der Waals surface area contributed by atoms with Crippen LogP contribution in [0.2, 0.25) is 0 Å². The lowest BCUT2D eigenvalue weighted by atomic mass is 10.2. The van der Waals surface area contributed by atoms with Gasteiger partial charge in [0.05, 0.1) is 0 Å². The molecule has 5 heteroatoms. The highest BCUT2D eigenvalue weighted by Gasteiger charge is 2.09. The minimum absolute atomic E-state index is 0.603. The van der Waals surface area contributed by atoms with E-state index >= 15 is 0 Å². The number of aromatic nitrogens is 2. The Morgan fingerprint density at radius 1 is 1.35 bits per heavy atom. The van der Waals surface area contributed by atoms with Gasteiger partial charge in [-0.2, -0.15) is 9.36 Å². The number of nitrogens with zero attached hydrogens (tertiary/aromatic N) is 2. The molecule has 0 aliphatic rings. The van der Waals surface area contributed by atoms with Crippen molar-refractivity contribution in [1.82, 2.24) is 9.36 Å². The summed E-state index contributed by atoms with van der Waals surface area (Å²) in [7, 11) is 0. The first-order chi connectivity index (χ1) is 8.16. The van der Waals surface area contributed by atoms with Crippen LogP contribution in [0.25, 0.3) is 11.4 Å². The monoisotopic (exact) mass is 311 g/mol. The average Bonchev–Trinajstić information content (AvgIpc) is 2.75. The second-order valence-corrected chi connectivity index (χ2v) is 5.78. The van der Waals surface area contributed by atoms with Crippen LogP contribution in [-0.2, 0) is 0 Å². The summed E-state index contributed by atoms with van der Waals surface area (Å²) in [6.45, 7) is 5.26. The fourth-order valence-corrected chi connectivity index (χ4v) is 2.39. The van der Waals surface area contributed by atoms with Gasteiger partial charge in [0.25, 0.3) is 0 Å². The summed E-state index contributed by atoms with van der Waals surface area (Å²) in [5.41, 5.74) is 1.03. The lowest BCUT2D eigenvalue weighted by molar-refractivity contribution is 0.688. The Morgan fingerprint density at radius 3 is 2.82 bits per heavy atom. The Bertz CT molecular complexity index is 496. The van der Waals surface area contributed by atoms with Crippen molar-refractivity contribution in [3.05, 3.63) is 28.7 Å². The fourth-order valence-electron chi connectivity index (χ4n) is 1.34. The molecule has 0 aliphatic carbocycles. The molecule has 90 valence electrons. The standard InChI is InChI=1S/C12H14BrN3S/c1-8(2)7-14-12-15-11(16-17-12)9-5-3-4-6-10(9)13/h3-6,8H,7H2,1-2H3,(H,14,15,16). The zero-order valence-corrected chi connectivity index (χ0v) is 12.2. The maximum atomic E-state index is 4.48. The second kappa shape index (κ2) is 5.60. The van der Waals surface area contributed by atoms with Crippen molar-refractivity contribution in [2.75, 3.05) is 11.9 Å². The summed E-state index contributed by atoms with van der Waals surface area (Å²) < 4.78 is 5.38. The highest BCUT2D eigenvalue weighted by atomic mass is 79.9. The molecule has 0 amide bonds. The van der Waals surface area contributed by atoms with Crippen LogP contribution in [0, 0.1) is 5.92 Å². The smallest absolute Gasteiger partial charge is 0.202 e.